The van der Waals surface area contributed by atoms with Crippen LogP contribution in [0.2, 0.25) is 0 Å². The molecular formula is C11H16N2O4. The summed E-state index contributed by atoms with van der Waals surface area (Å²) in [7, 11) is 0. The zero-order chi connectivity index (χ0) is 12.8. The highest BCUT2D eigenvalue weighted by Crippen LogP contribution is 2.11. The van der Waals surface area contributed by atoms with Crippen LogP contribution in [0.25, 0.3) is 0 Å². The summed E-state index contributed by atoms with van der Waals surface area (Å²) in [6, 6.07) is 1.42. The van der Waals surface area contributed by atoms with E-state index in [0.29, 0.717) is 6.42 Å². The molecule has 0 aliphatic rings. The molecule has 0 aromatic carbocycles. The summed E-state index contributed by atoms with van der Waals surface area (Å²) in [4.78, 5) is 22.4. The summed E-state index contributed by atoms with van der Waals surface area (Å²) in [5.74, 6) is -1.59. The van der Waals surface area contributed by atoms with Crippen LogP contribution in [0.1, 0.15) is 30.8 Å². The second kappa shape index (κ2) is 6.03. The molecule has 94 valence electrons. The van der Waals surface area contributed by atoms with E-state index in [9.17, 15) is 9.59 Å². The predicted molar refractivity (Wildman–Crippen MR) is 59.4 cm³/mol. The second-order valence-electron chi connectivity index (χ2n) is 4.25. The molecule has 0 saturated heterocycles. The predicted octanol–water partition coefficient (Wildman–Crippen LogP) is 1.15. The van der Waals surface area contributed by atoms with Crippen LogP contribution in [-0.4, -0.2) is 28.7 Å². The molecule has 1 heterocycles. The number of hydrogen-bond acceptors (Lipinski definition) is 4. The summed E-state index contributed by atoms with van der Waals surface area (Å²) >= 11 is 0. The van der Waals surface area contributed by atoms with E-state index in [1.165, 1.54) is 12.3 Å². The van der Waals surface area contributed by atoms with Gasteiger partial charge in [0.25, 0.3) is 5.91 Å². The number of nitrogens with one attached hydrogen (secondary N) is 1. The number of nitrogens with zero attached hydrogens (tertiary/aromatic N) is 1. The number of carbonyl (C=O) groups is 2. The second-order valence-corrected chi connectivity index (χ2v) is 4.25. The minimum Gasteiger partial charge on any atom is -0.481 e. The quantitative estimate of drug-likeness (QED) is 0.778. The van der Waals surface area contributed by atoms with Gasteiger partial charge < -0.3 is 14.9 Å². The van der Waals surface area contributed by atoms with Crippen LogP contribution in [0.15, 0.2) is 16.8 Å². The molecule has 1 atom stereocenters. The lowest BCUT2D eigenvalue weighted by molar-refractivity contribution is -0.142. The molecule has 1 unspecified atom stereocenters. The molecule has 1 amide bonds. The number of carboxylic acids is 1. The van der Waals surface area contributed by atoms with Crippen molar-refractivity contribution < 1.29 is 19.2 Å². The van der Waals surface area contributed by atoms with E-state index >= 15 is 0 Å². The molecule has 0 saturated carbocycles. The maximum absolute atomic E-state index is 11.5. The van der Waals surface area contributed by atoms with Crippen LogP contribution in [0.4, 0.5) is 0 Å². The van der Waals surface area contributed by atoms with Gasteiger partial charge in [-0.05, 0) is 12.3 Å². The number of hydrogen-bond donors (Lipinski definition) is 2. The van der Waals surface area contributed by atoms with Gasteiger partial charge in [-0.3, -0.25) is 9.59 Å². The van der Waals surface area contributed by atoms with Gasteiger partial charge in [0, 0.05) is 12.6 Å². The van der Waals surface area contributed by atoms with E-state index in [1.807, 2.05) is 13.8 Å². The Hall–Kier alpha value is -1.85. The van der Waals surface area contributed by atoms with Gasteiger partial charge in [0.15, 0.2) is 0 Å². The van der Waals surface area contributed by atoms with Gasteiger partial charge in [0.2, 0.25) is 5.76 Å². The van der Waals surface area contributed by atoms with Crippen molar-refractivity contribution in [1.29, 1.82) is 0 Å². The summed E-state index contributed by atoms with van der Waals surface area (Å²) in [6.07, 6.45) is 1.88. The first kappa shape index (κ1) is 13.2. The highest BCUT2D eigenvalue weighted by molar-refractivity contribution is 5.91. The van der Waals surface area contributed by atoms with Crippen LogP contribution in [0, 0.1) is 11.8 Å². The SMILES string of the molecule is CC(C)CC(CNC(=O)c1ccno1)C(=O)O. The third kappa shape index (κ3) is 4.26. The number of rotatable bonds is 6. The van der Waals surface area contributed by atoms with Gasteiger partial charge in [0.1, 0.15) is 0 Å². The van der Waals surface area contributed by atoms with Crippen LogP contribution >= 0.6 is 0 Å². The maximum Gasteiger partial charge on any atom is 0.308 e. The summed E-state index contributed by atoms with van der Waals surface area (Å²) in [6.45, 7) is 3.97. The number of carbonyl (C=O) groups excluding carboxylic acids is 1. The minimum atomic E-state index is -0.906. The van der Waals surface area contributed by atoms with Crippen molar-refractivity contribution >= 4 is 11.9 Å². The summed E-state index contributed by atoms with van der Waals surface area (Å²) < 4.78 is 4.66. The molecule has 0 aliphatic carbocycles. The van der Waals surface area contributed by atoms with E-state index in [2.05, 4.69) is 15.0 Å². The van der Waals surface area contributed by atoms with Gasteiger partial charge in [-0.15, -0.1) is 0 Å². The van der Waals surface area contributed by atoms with Crippen LogP contribution in [0.5, 0.6) is 0 Å². The fraction of sp³-hybridized carbons (Fsp3) is 0.545. The Bertz CT molecular complexity index is 373. The van der Waals surface area contributed by atoms with Gasteiger partial charge in [-0.2, -0.15) is 0 Å². The molecule has 0 spiro atoms. The zero-order valence-corrected chi connectivity index (χ0v) is 9.84. The fourth-order valence-electron chi connectivity index (χ4n) is 1.48. The van der Waals surface area contributed by atoms with E-state index < -0.39 is 17.8 Å². The first-order valence-electron chi connectivity index (χ1n) is 5.42. The van der Waals surface area contributed by atoms with Gasteiger partial charge in [0.05, 0.1) is 12.1 Å². The normalized spacial score (nSPS) is 12.4. The zero-order valence-electron chi connectivity index (χ0n) is 9.84. The molecule has 6 nitrogen and oxygen atoms in total. The van der Waals surface area contributed by atoms with Gasteiger partial charge in [-0.1, -0.05) is 19.0 Å². The Labute approximate surface area is 99.0 Å². The van der Waals surface area contributed by atoms with Crippen molar-refractivity contribution in [1.82, 2.24) is 10.5 Å². The lowest BCUT2D eigenvalue weighted by atomic mass is 9.97. The average molecular weight is 240 g/mol. The number of carboxylic acid groups (broad SMARTS) is 1. The Morgan fingerprint density at radius 3 is 2.71 bits per heavy atom. The fourth-order valence-corrected chi connectivity index (χ4v) is 1.48. The Morgan fingerprint density at radius 2 is 2.24 bits per heavy atom. The topological polar surface area (TPSA) is 92.4 Å². The Kier molecular flexibility index (Phi) is 4.68. The standard InChI is InChI=1S/C11H16N2O4/c1-7(2)5-8(11(15)16)6-12-10(14)9-3-4-13-17-9/h3-4,7-8H,5-6H2,1-2H3,(H,12,14)(H,15,16). The summed E-state index contributed by atoms with van der Waals surface area (Å²) in [5, 5.41) is 14.9. The number of aliphatic carboxylic acids is 1. The molecule has 0 fully saturated rings. The van der Waals surface area contributed by atoms with Crippen LogP contribution in [0.3, 0.4) is 0 Å². The van der Waals surface area contributed by atoms with Crippen molar-refractivity contribution in [2.75, 3.05) is 6.54 Å². The van der Waals surface area contributed by atoms with Crippen molar-refractivity contribution in [2.45, 2.75) is 20.3 Å². The largest absolute Gasteiger partial charge is 0.481 e. The van der Waals surface area contributed by atoms with E-state index in [4.69, 9.17) is 5.11 Å². The Morgan fingerprint density at radius 1 is 1.53 bits per heavy atom. The lowest BCUT2D eigenvalue weighted by Gasteiger charge is -2.14. The molecule has 1 aromatic heterocycles. The third-order valence-electron chi connectivity index (χ3n) is 2.28. The molecule has 17 heavy (non-hydrogen) atoms. The smallest absolute Gasteiger partial charge is 0.308 e. The van der Waals surface area contributed by atoms with Crippen LogP contribution in [-0.2, 0) is 4.79 Å². The molecular weight excluding hydrogens is 224 g/mol. The highest BCUT2D eigenvalue weighted by atomic mass is 16.5. The molecule has 6 heteroatoms. The van der Waals surface area contributed by atoms with Crippen molar-refractivity contribution in [3.8, 4) is 0 Å². The molecule has 0 bridgehead atoms. The van der Waals surface area contributed by atoms with Crippen molar-refractivity contribution in [3.63, 3.8) is 0 Å². The van der Waals surface area contributed by atoms with Gasteiger partial charge in [-0.25, -0.2) is 0 Å². The molecule has 2 N–H and O–H groups in total. The van der Waals surface area contributed by atoms with E-state index in [1.54, 1.807) is 0 Å². The number of amides is 1. The van der Waals surface area contributed by atoms with E-state index in [-0.39, 0.29) is 18.2 Å². The Balaban J connectivity index is 2.47. The molecule has 1 aromatic rings. The first-order valence-corrected chi connectivity index (χ1v) is 5.42. The van der Waals surface area contributed by atoms with Crippen molar-refractivity contribution in [3.05, 3.63) is 18.0 Å². The maximum atomic E-state index is 11.5. The summed E-state index contributed by atoms with van der Waals surface area (Å²) in [5.41, 5.74) is 0. The first-order chi connectivity index (χ1) is 8.00. The molecule has 0 aliphatic heterocycles. The van der Waals surface area contributed by atoms with E-state index in [0.717, 1.165) is 0 Å². The minimum absolute atomic E-state index is 0.0821. The van der Waals surface area contributed by atoms with Crippen LogP contribution < -0.4 is 5.32 Å². The monoisotopic (exact) mass is 240 g/mol. The van der Waals surface area contributed by atoms with Gasteiger partial charge >= 0.3 is 5.97 Å². The molecule has 0 radical (unpaired) electrons. The average Bonchev–Trinajstić information content (AvgIpc) is 2.76. The molecule has 1 rings (SSSR count). The number of aromatic nitrogens is 1. The van der Waals surface area contributed by atoms with Crippen molar-refractivity contribution in [2.24, 2.45) is 11.8 Å². The lowest BCUT2D eigenvalue weighted by Crippen LogP contribution is -2.33. The third-order valence-corrected chi connectivity index (χ3v) is 2.28. The highest BCUT2D eigenvalue weighted by Gasteiger charge is 2.20.